The normalized spacial score (nSPS) is 21.0. The molecule has 0 aromatic carbocycles. The van der Waals surface area contributed by atoms with E-state index in [1.165, 1.54) is 25.7 Å². The minimum atomic E-state index is -1.39. The van der Waals surface area contributed by atoms with Crippen LogP contribution >= 0.6 is 0 Å². The molecule has 0 saturated carbocycles. The molecule has 0 aliphatic carbocycles. The van der Waals surface area contributed by atoms with Gasteiger partial charge >= 0.3 is 0 Å². The molecule has 1 N–H and O–H groups in total. The molecule has 96 valence electrons. The Kier molecular flexibility index (Phi) is 5.96. The summed E-state index contributed by atoms with van der Waals surface area (Å²) < 4.78 is 5.90. The van der Waals surface area contributed by atoms with Crippen molar-refractivity contribution < 1.29 is 4.43 Å². The molecule has 1 fully saturated rings. The third kappa shape index (κ3) is 5.43. The summed E-state index contributed by atoms with van der Waals surface area (Å²) in [5.74, 6) is 0.770. The molecule has 1 saturated heterocycles. The Bertz CT molecular complexity index is 193. The Balaban J connectivity index is 2.25. The molecule has 1 atom stereocenters. The molecule has 3 nitrogen and oxygen atoms in total. The highest BCUT2D eigenvalue weighted by Crippen LogP contribution is 2.19. The Morgan fingerprint density at radius 1 is 1.31 bits per heavy atom. The first-order chi connectivity index (χ1) is 7.53. The summed E-state index contributed by atoms with van der Waals surface area (Å²) in [6, 6.07) is 1.28. The van der Waals surface area contributed by atoms with Crippen LogP contribution in [-0.4, -0.2) is 52.5 Å². The predicted octanol–water partition coefficient (Wildman–Crippen LogP) is 1.77. The van der Waals surface area contributed by atoms with E-state index in [9.17, 15) is 0 Å². The second-order valence-electron chi connectivity index (χ2n) is 5.55. The van der Waals surface area contributed by atoms with Crippen molar-refractivity contribution in [3.8, 4) is 0 Å². The maximum atomic E-state index is 5.90. The Hall–Kier alpha value is 0.0969. The molecular formula is C12H28N2OSi. The zero-order chi connectivity index (χ0) is 12.0. The zero-order valence-corrected chi connectivity index (χ0v) is 12.4. The summed E-state index contributed by atoms with van der Waals surface area (Å²) in [6.45, 7) is 16.0. The minimum Gasteiger partial charge on any atom is -0.418 e. The van der Waals surface area contributed by atoms with Gasteiger partial charge in [0.2, 0.25) is 0 Å². The molecule has 0 radical (unpaired) electrons. The summed E-state index contributed by atoms with van der Waals surface area (Å²) in [6.07, 6.45) is 0. The van der Waals surface area contributed by atoms with Crippen molar-refractivity contribution >= 4 is 8.32 Å². The van der Waals surface area contributed by atoms with E-state index in [-0.39, 0.29) is 0 Å². The van der Waals surface area contributed by atoms with E-state index < -0.39 is 8.32 Å². The molecule has 1 rings (SSSR count). The fraction of sp³-hybridized carbons (Fsp3) is 1.00. The highest BCUT2D eigenvalue weighted by molar-refractivity contribution is 6.71. The summed E-state index contributed by atoms with van der Waals surface area (Å²) in [5, 5.41) is 3.40. The maximum Gasteiger partial charge on any atom is 0.187 e. The van der Waals surface area contributed by atoms with Crippen molar-refractivity contribution in [2.75, 3.05) is 39.3 Å². The van der Waals surface area contributed by atoms with Gasteiger partial charge in [0, 0.05) is 39.3 Å². The van der Waals surface area contributed by atoms with Gasteiger partial charge < -0.3 is 14.6 Å². The lowest BCUT2D eigenvalue weighted by atomic mass is 10.2. The molecule has 1 heterocycles. The molecule has 0 aromatic rings. The predicted molar refractivity (Wildman–Crippen MR) is 72.4 cm³/mol. The molecule has 0 spiro atoms. The minimum absolute atomic E-state index is 0.770. The fourth-order valence-corrected chi connectivity index (χ4v) is 5.39. The van der Waals surface area contributed by atoms with Gasteiger partial charge in [0.1, 0.15) is 0 Å². The quantitative estimate of drug-likeness (QED) is 0.721. The molecule has 1 aliphatic rings. The fourth-order valence-electron chi connectivity index (χ4n) is 2.69. The first-order valence-electron chi connectivity index (χ1n) is 6.60. The van der Waals surface area contributed by atoms with Crippen LogP contribution in [0.2, 0.25) is 19.1 Å². The van der Waals surface area contributed by atoms with Crippen molar-refractivity contribution in [1.29, 1.82) is 0 Å². The van der Waals surface area contributed by atoms with Gasteiger partial charge in [-0.25, -0.2) is 0 Å². The van der Waals surface area contributed by atoms with Gasteiger partial charge in [-0.2, -0.15) is 0 Å². The van der Waals surface area contributed by atoms with Gasteiger partial charge in [0.05, 0.1) is 0 Å². The second-order valence-corrected chi connectivity index (χ2v) is 9.77. The summed E-state index contributed by atoms with van der Waals surface area (Å²) in [7, 11) is -1.39. The molecule has 1 aliphatic heterocycles. The van der Waals surface area contributed by atoms with Crippen LogP contribution < -0.4 is 5.32 Å². The Labute approximate surface area is 102 Å². The van der Waals surface area contributed by atoms with Gasteiger partial charge in [0.15, 0.2) is 8.32 Å². The largest absolute Gasteiger partial charge is 0.418 e. The van der Waals surface area contributed by atoms with Crippen LogP contribution in [0.5, 0.6) is 0 Å². The van der Waals surface area contributed by atoms with Crippen LogP contribution in [-0.2, 0) is 4.43 Å². The lowest BCUT2D eigenvalue weighted by Gasteiger charge is -2.32. The summed E-state index contributed by atoms with van der Waals surface area (Å²) in [5.41, 5.74) is 0. The topological polar surface area (TPSA) is 24.5 Å². The van der Waals surface area contributed by atoms with E-state index in [0.717, 1.165) is 25.6 Å². The second kappa shape index (κ2) is 6.74. The average Bonchev–Trinajstić information content (AvgIpc) is 2.17. The number of hydrogen-bond acceptors (Lipinski definition) is 3. The van der Waals surface area contributed by atoms with E-state index in [1.54, 1.807) is 0 Å². The summed E-state index contributed by atoms with van der Waals surface area (Å²) in [4.78, 5) is 2.58. The standard InChI is InChI=1S/C12H28N2OSi/c1-5-15-16(3,4)11-12(2)10-14-8-6-13-7-9-14/h12-13H,5-11H2,1-4H3. The van der Waals surface area contributed by atoms with Crippen molar-refractivity contribution in [3.63, 3.8) is 0 Å². The highest BCUT2D eigenvalue weighted by atomic mass is 28.4. The Morgan fingerprint density at radius 3 is 2.50 bits per heavy atom. The van der Waals surface area contributed by atoms with Crippen LogP contribution in [0.4, 0.5) is 0 Å². The smallest absolute Gasteiger partial charge is 0.187 e. The monoisotopic (exact) mass is 244 g/mol. The third-order valence-corrected chi connectivity index (χ3v) is 5.90. The molecule has 0 aromatic heterocycles. The van der Waals surface area contributed by atoms with Crippen LogP contribution in [0.25, 0.3) is 0 Å². The molecular weight excluding hydrogens is 216 g/mol. The van der Waals surface area contributed by atoms with Crippen LogP contribution in [0, 0.1) is 5.92 Å². The Morgan fingerprint density at radius 2 is 1.94 bits per heavy atom. The van der Waals surface area contributed by atoms with E-state index in [4.69, 9.17) is 4.43 Å². The van der Waals surface area contributed by atoms with Crippen LogP contribution in [0.1, 0.15) is 13.8 Å². The number of nitrogens with zero attached hydrogens (tertiary/aromatic N) is 1. The van der Waals surface area contributed by atoms with Crippen molar-refractivity contribution in [2.24, 2.45) is 5.92 Å². The first kappa shape index (κ1) is 14.2. The van der Waals surface area contributed by atoms with E-state index >= 15 is 0 Å². The van der Waals surface area contributed by atoms with E-state index in [2.05, 4.69) is 37.2 Å². The van der Waals surface area contributed by atoms with Gasteiger partial charge in [-0.3, -0.25) is 0 Å². The van der Waals surface area contributed by atoms with Crippen molar-refractivity contribution in [1.82, 2.24) is 10.2 Å². The average molecular weight is 244 g/mol. The van der Waals surface area contributed by atoms with Crippen molar-refractivity contribution in [3.05, 3.63) is 0 Å². The molecule has 4 heteroatoms. The first-order valence-corrected chi connectivity index (χ1v) is 9.72. The lowest BCUT2D eigenvalue weighted by Crippen LogP contribution is -2.46. The van der Waals surface area contributed by atoms with E-state index in [1.807, 2.05) is 0 Å². The molecule has 16 heavy (non-hydrogen) atoms. The molecule has 0 bridgehead atoms. The van der Waals surface area contributed by atoms with Gasteiger partial charge in [0.25, 0.3) is 0 Å². The van der Waals surface area contributed by atoms with Crippen LogP contribution in [0.15, 0.2) is 0 Å². The van der Waals surface area contributed by atoms with Gasteiger partial charge in [-0.15, -0.1) is 0 Å². The highest BCUT2D eigenvalue weighted by Gasteiger charge is 2.25. The lowest BCUT2D eigenvalue weighted by molar-refractivity contribution is 0.213. The zero-order valence-electron chi connectivity index (χ0n) is 11.4. The number of piperazine rings is 1. The SMILES string of the molecule is CCO[Si](C)(C)CC(C)CN1CCNCC1. The number of nitrogens with one attached hydrogen (secondary N) is 1. The van der Waals surface area contributed by atoms with Crippen molar-refractivity contribution in [2.45, 2.75) is 33.0 Å². The number of rotatable bonds is 6. The summed E-state index contributed by atoms with van der Waals surface area (Å²) >= 11 is 0. The van der Waals surface area contributed by atoms with E-state index in [0.29, 0.717) is 0 Å². The molecule has 1 unspecified atom stereocenters. The van der Waals surface area contributed by atoms with Gasteiger partial charge in [-0.05, 0) is 32.0 Å². The number of hydrogen-bond donors (Lipinski definition) is 1. The molecule has 0 amide bonds. The maximum absolute atomic E-state index is 5.90. The van der Waals surface area contributed by atoms with Gasteiger partial charge in [-0.1, -0.05) is 6.92 Å². The van der Waals surface area contributed by atoms with Crippen LogP contribution in [0.3, 0.4) is 0 Å². The third-order valence-electron chi connectivity index (χ3n) is 3.15.